The van der Waals surface area contributed by atoms with E-state index in [-0.39, 0.29) is 191 Å². The van der Waals surface area contributed by atoms with Gasteiger partial charge in [-0.05, 0) is 170 Å². The fourth-order valence-electron chi connectivity index (χ4n) is 12.0. The molecule has 0 aliphatic rings. The first-order valence-corrected chi connectivity index (χ1v) is 41.2. The van der Waals surface area contributed by atoms with Crippen LogP contribution < -0.4 is 148 Å². The largest absolute Gasteiger partial charge is 0.370 e. The number of unbranched alkanes of at least 4 members (excludes halogenated alkanes) is 5. The average molecular weight is 1760 g/mol. The smallest absolute Gasteiger partial charge is 0.269 e. The van der Waals surface area contributed by atoms with Gasteiger partial charge in [0.2, 0.25) is 59.1 Å². The van der Waals surface area contributed by atoms with E-state index in [2.05, 4.69) is 121 Å². The summed E-state index contributed by atoms with van der Waals surface area (Å²) in [5, 5.41) is 99.6. The Morgan fingerprint density at radius 1 is 0.378 bits per heavy atom. The third-order valence-corrected chi connectivity index (χ3v) is 19.6. The number of primary amides is 1. The Morgan fingerprint density at radius 3 is 1.03 bits per heavy atom. The SMILES string of the molecule is N=C(N)NCCCC(NC(=O)[C@@H](CCCNC(=N)N)NC(=O)CCCCCNC(=O)[C@@H](CCCNC(=N)N)NC(=O)CCCCCNCc1nc2c(sc3cc(Br)cnc32)c(=O)[nH]1)C(=O)N[C@H](CCCNC(=N)N)C(=O)NC(CCCNC(=N)N)C(=O)N[C@H](CCCNC(=N)N)C(=O)NC(CCCNC(=N)N)C(=O)N[C@H](CCCCN)C(N)=O. The van der Waals surface area contributed by atoms with Crippen LogP contribution in [0.25, 0.3) is 20.4 Å². The van der Waals surface area contributed by atoms with Gasteiger partial charge in [0.15, 0.2) is 41.7 Å². The summed E-state index contributed by atoms with van der Waals surface area (Å²) in [6.07, 6.45) is 6.21. The molecule has 43 N–H and O–H groups in total. The summed E-state index contributed by atoms with van der Waals surface area (Å²) >= 11 is 4.73. The minimum atomic E-state index is -1.53. The van der Waals surface area contributed by atoms with E-state index in [0.29, 0.717) is 92.6 Å². The fourth-order valence-corrected chi connectivity index (χ4v) is 13.5. The number of H-pyrrole nitrogens is 1. The van der Waals surface area contributed by atoms with Crippen LogP contribution in [-0.4, -0.2) is 230 Å². The molecule has 0 aromatic carbocycles. The van der Waals surface area contributed by atoms with Gasteiger partial charge in [0.25, 0.3) is 5.56 Å². The zero-order valence-electron chi connectivity index (χ0n) is 67.1. The van der Waals surface area contributed by atoms with Crippen molar-refractivity contribution in [2.75, 3.05) is 65.4 Å². The molecule has 0 bridgehead atoms. The first kappa shape index (κ1) is 101. The number of hydrogen-bond donors (Lipinski definition) is 34. The second kappa shape index (κ2) is 57.3. The number of nitrogens with two attached hydrogens (primary N) is 9. The predicted octanol–water partition coefficient (Wildman–Crippen LogP) is -6.04. The molecule has 10 amide bonds. The standard InChI is InChI=1S/C70H125BrN36O11S/c71-39-36-48-52(97-37-39)53-54(119-48)63(118)107-49(106-53)38-88-27-7-1-3-24-50(108)98-41(17-9-29-90-64(74)75)56(111)89-28-8-2-4-25-51(109)99-42(18-10-30-91-65(76)77)57(112)101-44(20-12-32-93-67(80)81)59(114)103-46(22-14-34-95-69(84)85)61(116)105-47(23-15-35-96-70(86)87)62(117)104-45(21-13-33-94-68(82)83)60(115)102-43(19-11-31-92-66(78)79)58(113)100-40(55(73)110)16-5-6-26-72/h36-37,40-47,88H,1-35,38,72H2,(H2,73,110)(H,89,111)(H,98,108)(H,99,109)(H,100,113)(H,101,112)(H,102,115)(H,103,114)(H,104,117)(H,105,116)(H4,74,75,90)(H4,76,77,91)(H4,78,79,92)(H4,80,81,93)(H4,82,83,94)(H4,84,85,95)(H4,86,87,96)(H,106,107,118)/t40-,41-,42-,43?,44?,45-,46-,47?/m1/s1. The molecule has 49 heteroatoms. The molecule has 0 saturated carbocycles. The molecule has 0 spiro atoms. The highest BCUT2D eigenvalue weighted by atomic mass is 79.9. The molecule has 8 atom stereocenters. The van der Waals surface area contributed by atoms with Crippen LogP contribution >= 0.6 is 27.3 Å². The van der Waals surface area contributed by atoms with Gasteiger partial charge in [-0.1, -0.05) is 12.8 Å². The van der Waals surface area contributed by atoms with Crippen LogP contribution in [0.15, 0.2) is 21.5 Å². The normalized spacial score (nSPS) is 13.0. The van der Waals surface area contributed by atoms with Crippen LogP contribution in [0.1, 0.15) is 166 Å². The van der Waals surface area contributed by atoms with Crippen molar-refractivity contribution in [3.8, 4) is 0 Å². The number of pyridine rings is 1. The Bertz CT molecular complexity index is 3930. The number of aromatic amines is 1. The van der Waals surface area contributed by atoms with Crippen LogP contribution in [0.5, 0.6) is 0 Å². The number of rotatable bonds is 62. The zero-order valence-corrected chi connectivity index (χ0v) is 69.5. The summed E-state index contributed by atoms with van der Waals surface area (Å²) in [5.74, 6) is -9.70. The topological polar surface area (TPSA) is 835 Å². The van der Waals surface area contributed by atoms with Gasteiger partial charge in [0.05, 0.1) is 11.2 Å². The Labute approximate surface area is 701 Å². The summed E-state index contributed by atoms with van der Waals surface area (Å²) < 4.78 is 2.12. The zero-order chi connectivity index (χ0) is 88.2. The van der Waals surface area contributed by atoms with Gasteiger partial charge in [0.1, 0.15) is 69.9 Å². The molecule has 3 aromatic rings. The number of thiophene rings is 1. The molecule has 0 fully saturated rings. The second-order valence-corrected chi connectivity index (χ2v) is 30.0. The highest BCUT2D eigenvalue weighted by molar-refractivity contribution is 9.10. The number of nitrogens with zero attached hydrogens (tertiary/aromatic N) is 2. The molecule has 3 rings (SSSR count). The van der Waals surface area contributed by atoms with Gasteiger partial charge in [-0.2, -0.15) is 0 Å². The van der Waals surface area contributed by atoms with Gasteiger partial charge < -0.3 is 147 Å². The summed E-state index contributed by atoms with van der Waals surface area (Å²) in [6, 6.07) is -8.86. The molecule has 0 aliphatic carbocycles. The van der Waals surface area contributed by atoms with Gasteiger partial charge in [-0.25, -0.2) is 4.98 Å². The molecule has 119 heavy (non-hydrogen) atoms. The molecule has 3 unspecified atom stereocenters. The molecule has 3 aromatic heterocycles. The number of halogens is 1. The molecule has 47 nitrogen and oxygen atoms in total. The van der Waals surface area contributed by atoms with Crippen LogP contribution in [0, 0.1) is 37.9 Å². The third kappa shape index (κ3) is 43.9. The number of carbonyl (C=O) groups excluding carboxylic acids is 10. The Balaban J connectivity index is 1.81. The molecule has 3 heterocycles. The number of amides is 10. The predicted molar refractivity (Wildman–Crippen MR) is 456 cm³/mol. The quantitative estimate of drug-likeness (QED) is 0.0142. The lowest BCUT2D eigenvalue weighted by Gasteiger charge is -2.28. The maximum Gasteiger partial charge on any atom is 0.269 e. The van der Waals surface area contributed by atoms with E-state index in [4.69, 9.17) is 89.5 Å². The van der Waals surface area contributed by atoms with Crippen LogP contribution in [0.4, 0.5) is 0 Å². The van der Waals surface area contributed by atoms with E-state index in [1.807, 2.05) is 6.07 Å². The van der Waals surface area contributed by atoms with Crippen molar-refractivity contribution in [3.05, 3.63) is 32.9 Å². The molecular formula is C70H125BrN36O11S. The first-order valence-electron chi connectivity index (χ1n) is 39.6. The minimum Gasteiger partial charge on any atom is -0.370 e. The number of aromatic nitrogens is 3. The van der Waals surface area contributed by atoms with Crippen molar-refractivity contribution in [1.82, 2.24) is 105 Å². The lowest BCUT2D eigenvalue weighted by Crippen LogP contribution is -2.60. The molecule has 0 aliphatic heterocycles. The summed E-state index contributed by atoms with van der Waals surface area (Å²) in [5.41, 5.74) is 50.9. The van der Waals surface area contributed by atoms with E-state index in [0.717, 1.165) is 9.17 Å². The second-order valence-electron chi connectivity index (χ2n) is 28.1. The lowest BCUT2D eigenvalue weighted by atomic mass is 10.0. The molecule has 664 valence electrons. The summed E-state index contributed by atoms with van der Waals surface area (Å²) in [7, 11) is 0. The molecular weight excluding hydrogens is 1630 g/mol. The number of guanidine groups is 7. The van der Waals surface area contributed by atoms with E-state index in [9.17, 15) is 52.7 Å². The Morgan fingerprint density at radius 2 is 0.689 bits per heavy atom. The molecule has 0 radical (unpaired) electrons. The van der Waals surface area contributed by atoms with Crippen molar-refractivity contribution in [2.24, 2.45) is 51.6 Å². The van der Waals surface area contributed by atoms with Gasteiger partial charge >= 0.3 is 0 Å². The summed E-state index contributed by atoms with van der Waals surface area (Å²) in [4.78, 5) is 165. The minimum absolute atomic E-state index is 0.00678. The van der Waals surface area contributed by atoms with Crippen LogP contribution in [-0.2, 0) is 54.5 Å². The maximum atomic E-state index is 14.8. The molecule has 0 saturated heterocycles. The van der Waals surface area contributed by atoms with Crippen molar-refractivity contribution in [3.63, 3.8) is 0 Å². The average Bonchev–Trinajstić information content (AvgIpc) is 1.62. The number of fused-ring (bicyclic) bond motifs is 3. The first-order chi connectivity index (χ1) is 56.7. The summed E-state index contributed by atoms with van der Waals surface area (Å²) in [6.45, 7) is 1.91. The van der Waals surface area contributed by atoms with Gasteiger partial charge in [-0.3, -0.25) is 95.6 Å². The van der Waals surface area contributed by atoms with Crippen molar-refractivity contribution >= 4 is 148 Å². The van der Waals surface area contributed by atoms with E-state index < -0.39 is 125 Å². The van der Waals surface area contributed by atoms with Gasteiger partial charge in [0, 0.05) is 75.9 Å². The van der Waals surface area contributed by atoms with Crippen molar-refractivity contribution < 1.29 is 47.9 Å². The monoisotopic (exact) mass is 1760 g/mol. The highest BCUT2D eigenvalue weighted by Crippen LogP contribution is 2.30. The van der Waals surface area contributed by atoms with E-state index >= 15 is 0 Å². The number of nitrogens with one attached hydrogen (secondary N) is 25. The van der Waals surface area contributed by atoms with Crippen molar-refractivity contribution in [2.45, 2.75) is 215 Å². The number of hydrogen-bond acceptors (Lipinski definition) is 23. The Kier molecular flexibility index (Phi) is 48.9. The Hall–Kier alpha value is -11.8. The maximum absolute atomic E-state index is 14.8. The van der Waals surface area contributed by atoms with Crippen LogP contribution in [0.3, 0.4) is 0 Å². The highest BCUT2D eigenvalue weighted by Gasteiger charge is 2.35. The fraction of sp³-hybridized carbons (Fsp3) is 0.629. The third-order valence-electron chi connectivity index (χ3n) is 18.1. The van der Waals surface area contributed by atoms with Crippen LogP contribution in [0.2, 0.25) is 0 Å². The van der Waals surface area contributed by atoms with E-state index in [1.54, 1.807) is 6.20 Å². The van der Waals surface area contributed by atoms with Gasteiger partial charge in [-0.15, -0.1) is 11.3 Å². The number of carbonyl (C=O) groups is 10. The lowest BCUT2D eigenvalue weighted by molar-refractivity contribution is -0.136. The van der Waals surface area contributed by atoms with Crippen molar-refractivity contribution in [1.29, 1.82) is 37.9 Å². The van der Waals surface area contributed by atoms with E-state index in [1.165, 1.54) is 11.3 Å².